The van der Waals surface area contributed by atoms with Crippen LogP contribution in [0.1, 0.15) is 46.9 Å². The quantitative estimate of drug-likeness (QED) is 0.459. The van der Waals surface area contributed by atoms with Gasteiger partial charge in [-0.15, -0.1) is 0 Å². The fourth-order valence-corrected chi connectivity index (χ4v) is 4.14. The van der Waals surface area contributed by atoms with E-state index in [1.165, 1.54) is 12.1 Å². The molecule has 1 aliphatic rings. The summed E-state index contributed by atoms with van der Waals surface area (Å²) in [6.45, 7) is 1.96. The van der Waals surface area contributed by atoms with Gasteiger partial charge < -0.3 is 4.40 Å². The van der Waals surface area contributed by atoms with E-state index in [9.17, 15) is 18.0 Å². The molecule has 4 heterocycles. The molecule has 1 aromatic carbocycles. The second kappa shape index (κ2) is 6.55. The zero-order valence-corrected chi connectivity index (χ0v) is 16.0. The Morgan fingerprint density at radius 2 is 1.87 bits per heavy atom. The van der Waals surface area contributed by atoms with E-state index in [2.05, 4.69) is 10.1 Å². The number of rotatable bonds is 2. The summed E-state index contributed by atoms with van der Waals surface area (Å²) in [5.74, 6) is -0.645. The molecule has 0 saturated carbocycles. The van der Waals surface area contributed by atoms with Crippen molar-refractivity contribution >= 4 is 11.4 Å². The molecule has 0 saturated heterocycles. The van der Waals surface area contributed by atoms with Crippen molar-refractivity contribution in [2.75, 3.05) is 0 Å². The van der Waals surface area contributed by atoms with Gasteiger partial charge in [0, 0.05) is 29.7 Å². The van der Waals surface area contributed by atoms with Crippen molar-refractivity contribution in [1.29, 1.82) is 0 Å². The summed E-state index contributed by atoms with van der Waals surface area (Å²) >= 11 is 0. The highest BCUT2D eigenvalue weighted by molar-refractivity contribution is 6.05. The molecular formula is C22H17F3N4O. The van der Waals surface area contributed by atoms with E-state index in [0.717, 1.165) is 23.3 Å². The fourth-order valence-electron chi connectivity index (χ4n) is 4.14. The fraction of sp³-hybridized carbons (Fsp3) is 0.227. The molecule has 8 heteroatoms. The van der Waals surface area contributed by atoms with E-state index in [-0.39, 0.29) is 11.8 Å². The van der Waals surface area contributed by atoms with Gasteiger partial charge in [-0.3, -0.25) is 9.48 Å². The topological polar surface area (TPSA) is 52.2 Å². The Hall–Kier alpha value is -3.42. The van der Waals surface area contributed by atoms with E-state index in [4.69, 9.17) is 0 Å². The normalized spacial score (nSPS) is 19.3. The predicted molar refractivity (Wildman–Crippen MR) is 104 cm³/mol. The number of carbonyl (C=O) groups is 1. The highest BCUT2D eigenvalue weighted by Crippen LogP contribution is 2.40. The van der Waals surface area contributed by atoms with Gasteiger partial charge in [-0.1, -0.05) is 12.1 Å². The first kappa shape index (κ1) is 18.6. The van der Waals surface area contributed by atoms with Gasteiger partial charge in [0.2, 0.25) is 0 Å². The molecule has 152 valence electrons. The first-order valence-corrected chi connectivity index (χ1v) is 9.55. The van der Waals surface area contributed by atoms with Gasteiger partial charge in [-0.25, -0.2) is 4.98 Å². The maximum absolute atomic E-state index is 13.4. The van der Waals surface area contributed by atoms with E-state index < -0.39 is 17.7 Å². The average molecular weight is 410 g/mol. The summed E-state index contributed by atoms with van der Waals surface area (Å²) in [7, 11) is 0. The maximum Gasteiger partial charge on any atom is 0.416 e. The van der Waals surface area contributed by atoms with Crippen LogP contribution in [0.3, 0.4) is 0 Å². The Morgan fingerprint density at radius 3 is 2.60 bits per heavy atom. The van der Waals surface area contributed by atoms with Crippen molar-refractivity contribution in [3.05, 3.63) is 78.0 Å². The Labute approximate surface area is 169 Å². The lowest BCUT2D eigenvalue weighted by Crippen LogP contribution is -2.28. The van der Waals surface area contributed by atoms with Crippen LogP contribution in [-0.4, -0.2) is 24.9 Å². The van der Waals surface area contributed by atoms with Crippen LogP contribution in [0.4, 0.5) is 13.2 Å². The minimum absolute atomic E-state index is 0.0595. The van der Waals surface area contributed by atoms with Crippen LogP contribution in [0.15, 0.2) is 61.2 Å². The number of nitrogens with zero attached hydrogens (tertiary/aromatic N) is 4. The number of alkyl halides is 3. The van der Waals surface area contributed by atoms with Crippen molar-refractivity contribution in [1.82, 2.24) is 19.2 Å². The van der Waals surface area contributed by atoms with Crippen LogP contribution in [0.2, 0.25) is 0 Å². The molecule has 0 spiro atoms. The molecule has 1 unspecified atom stereocenters. The molecule has 30 heavy (non-hydrogen) atoms. The van der Waals surface area contributed by atoms with Crippen LogP contribution >= 0.6 is 0 Å². The van der Waals surface area contributed by atoms with Crippen molar-refractivity contribution in [2.24, 2.45) is 0 Å². The van der Waals surface area contributed by atoms with Crippen molar-refractivity contribution in [3.8, 4) is 11.1 Å². The average Bonchev–Trinajstić information content (AvgIpc) is 3.37. The van der Waals surface area contributed by atoms with Crippen molar-refractivity contribution in [3.63, 3.8) is 0 Å². The van der Waals surface area contributed by atoms with Gasteiger partial charge in [0.05, 0.1) is 23.7 Å². The molecule has 0 aliphatic carbocycles. The Morgan fingerprint density at radius 1 is 1.10 bits per heavy atom. The van der Waals surface area contributed by atoms with Crippen LogP contribution in [-0.2, 0) is 6.18 Å². The molecule has 3 aromatic heterocycles. The number of pyridine rings is 1. The Bertz CT molecular complexity index is 1250. The van der Waals surface area contributed by atoms with Gasteiger partial charge in [-0.2, -0.15) is 18.3 Å². The summed E-state index contributed by atoms with van der Waals surface area (Å²) in [5, 5.41) is 4.43. The van der Waals surface area contributed by atoms with E-state index in [1.807, 2.05) is 35.9 Å². The number of ketones is 1. The third-order valence-corrected chi connectivity index (χ3v) is 5.68. The van der Waals surface area contributed by atoms with Crippen LogP contribution in [0, 0.1) is 0 Å². The predicted octanol–water partition coefficient (Wildman–Crippen LogP) is 5.15. The molecule has 5 rings (SSSR count). The molecule has 0 radical (unpaired) electrons. The summed E-state index contributed by atoms with van der Waals surface area (Å²) in [5.41, 5.74) is 2.68. The maximum atomic E-state index is 13.4. The SMILES string of the molecule is C[C@H]1CC(c2ccc(C(F)(F)F)cc2)C(=O)c2c(-c3ccc4nccn4c3)cnn21. The number of carbonyl (C=O) groups excluding carboxylic acids is 1. The Balaban J connectivity index is 1.56. The minimum Gasteiger partial charge on any atom is -0.306 e. The molecule has 0 N–H and O–H groups in total. The van der Waals surface area contributed by atoms with Crippen LogP contribution in [0.25, 0.3) is 16.8 Å². The molecule has 0 fully saturated rings. The lowest BCUT2D eigenvalue weighted by Gasteiger charge is -2.28. The van der Waals surface area contributed by atoms with E-state index in [1.54, 1.807) is 17.1 Å². The number of benzene rings is 1. The lowest BCUT2D eigenvalue weighted by atomic mass is 9.83. The standard InChI is InChI=1S/C22H17F3N4O/c1-13-10-17(14-2-5-16(6-3-14)22(23,24)25)21(30)20-18(11-27-29(13)20)15-4-7-19-26-8-9-28(19)12-15/h2-9,11-13,17H,10H2,1H3/t13-,17?/m0/s1. The molecule has 5 nitrogen and oxygen atoms in total. The number of fused-ring (bicyclic) bond motifs is 2. The monoisotopic (exact) mass is 410 g/mol. The first-order chi connectivity index (χ1) is 14.3. The van der Waals surface area contributed by atoms with Gasteiger partial charge in [-0.05, 0) is 43.2 Å². The zero-order chi connectivity index (χ0) is 21.0. The number of hydrogen-bond acceptors (Lipinski definition) is 3. The summed E-state index contributed by atoms with van der Waals surface area (Å²) in [6.07, 6.45) is 3.17. The van der Waals surface area contributed by atoms with Crippen LogP contribution < -0.4 is 0 Å². The number of aromatic nitrogens is 4. The Kier molecular flexibility index (Phi) is 4.06. The highest BCUT2D eigenvalue weighted by Gasteiger charge is 2.37. The number of Topliss-reactive ketones (excluding diaryl/α,β-unsaturated/α-hetero) is 1. The number of imidazole rings is 1. The van der Waals surface area contributed by atoms with Crippen molar-refractivity contribution in [2.45, 2.75) is 31.5 Å². The van der Waals surface area contributed by atoms with E-state index >= 15 is 0 Å². The van der Waals surface area contributed by atoms with Gasteiger partial charge in [0.1, 0.15) is 11.3 Å². The smallest absolute Gasteiger partial charge is 0.306 e. The molecule has 2 atom stereocenters. The molecule has 0 amide bonds. The van der Waals surface area contributed by atoms with Crippen molar-refractivity contribution < 1.29 is 18.0 Å². The second-order valence-electron chi connectivity index (χ2n) is 7.58. The summed E-state index contributed by atoms with van der Waals surface area (Å²) in [6, 6.07) is 8.57. The molecule has 0 bridgehead atoms. The zero-order valence-electron chi connectivity index (χ0n) is 16.0. The molecular weight excluding hydrogens is 393 g/mol. The largest absolute Gasteiger partial charge is 0.416 e. The third kappa shape index (κ3) is 2.91. The highest BCUT2D eigenvalue weighted by atomic mass is 19.4. The van der Waals surface area contributed by atoms with Crippen LogP contribution in [0.5, 0.6) is 0 Å². The summed E-state index contributed by atoms with van der Waals surface area (Å²) in [4.78, 5) is 17.6. The van der Waals surface area contributed by atoms with Gasteiger partial charge >= 0.3 is 6.18 Å². The molecule has 4 aromatic rings. The molecule has 1 aliphatic heterocycles. The summed E-state index contributed by atoms with van der Waals surface area (Å²) < 4.78 is 42.3. The number of halogens is 3. The number of hydrogen-bond donors (Lipinski definition) is 0. The lowest BCUT2D eigenvalue weighted by molar-refractivity contribution is -0.137. The van der Waals surface area contributed by atoms with Gasteiger partial charge in [0.25, 0.3) is 0 Å². The second-order valence-corrected chi connectivity index (χ2v) is 7.58. The van der Waals surface area contributed by atoms with Gasteiger partial charge in [0.15, 0.2) is 5.78 Å². The first-order valence-electron chi connectivity index (χ1n) is 9.55. The van der Waals surface area contributed by atoms with E-state index in [0.29, 0.717) is 23.2 Å². The third-order valence-electron chi connectivity index (χ3n) is 5.68. The minimum atomic E-state index is -4.40.